The molecule has 0 aliphatic carbocycles. The molecule has 53 heavy (non-hydrogen) atoms. The normalized spacial score (nSPS) is 13.0. The first-order valence-corrected chi connectivity index (χ1v) is 18.2. The van der Waals surface area contributed by atoms with Gasteiger partial charge >= 0.3 is 0 Å². The van der Waals surface area contributed by atoms with E-state index in [1.165, 1.54) is 12.3 Å². The third kappa shape index (κ3) is 7.48. The van der Waals surface area contributed by atoms with Crippen LogP contribution >= 0.6 is 11.3 Å². The molecule has 0 amide bonds. The molecule has 0 spiro atoms. The maximum absolute atomic E-state index is 14.8. The van der Waals surface area contributed by atoms with Crippen molar-refractivity contribution < 1.29 is 34.4 Å². The van der Waals surface area contributed by atoms with E-state index in [2.05, 4.69) is 55.4 Å². The van der Waals surface area contributed by atoms with E-state index in [9.17, 15) is 8.78 Å². The van der Waals surface area contributed by atoms with Crippen LogP contribution in [0.25, 0.3) is 59.5 Å². The van der Waals surface area contributed by atoms with Crippen LogP contribution in [0.5, 0.6) is 0 Å². The topological polar surface area (TPSA) is 30.7 Å². The monoisotopic (exact) mass is 902 g/mol. The van der Waals surface area contributed by atoms with Crippen LogP contribution in [0.15, 0.2) is 103 Å². The number of pyridine rings is 1. The number of nitrogens with zero attached hydrogens (tertiary/aromatic N) is 3. The summed E-state index contributed by atoms with van der Waals surface area (Å²) in [6.45, 7) is 9.46. The van der Waals surface area contributed by atoms with Crippen molar-refractivity contribution in [3.63, 3.8) is 0 Å². The molecule has 271 valence electrons. The van der Waals surface area contributed by atoms with E-state index in [1.807, 2.05) is 54.6 Å². The molecule has 8 rings (SSSR count). The first-order valence-electron chi connectivity index (χ1n) is 19.3. The molecule has 1 radical (unpaired) electrons. The van der Waals surface area contributed by atoms with Gasteiger partial charge in [0.25, 0.3) is 0 Å². The van der Waals surface area contributed by atoms with Crippen molar-refractivity contribution in [3.05, 3.63) is 149 Å². The standard InChI is InChI=1S/C31H25F2N2S.C15H16N.Ir/c1-17(2)24-14-20(33)15-25(18(3)4)29(24)35-27-11-6-5-10-26(27)34-31(35)23-9-7-8-22-21-13-12-19(32)16-28(21)36-30(22)23;1-11(2)14-9-15(16-10-12(14)3)13-7-5-4-6-8-13;/h5-8,10-18H,1-4H3;4-7,9-11H,1-3H3;/q2*-1;/i;3D3,11D;. The van der Waals surface area contributed by atoms with Gasteiger partial charge in [0.1, 0.15) is 11.6 Å². The first kappa shape index (κ1) is 33.1. The summed E-state index contributed by atoms with van der Waals surface area (Å²) in [6.07, 6.45) is 1.36. The van der Waals surface area contributed by atoms with Gasteiger partial charge in [0.05, 0.1) is 16.9 Å². The van der Waals surface area contributed by atoms with E-state index >= 15 is 0 Å². The van der Waals surface area contributed by atoms with Crippen molar-refractivity contribution in [2.45, 2.75) is 66.1 Å². The molecule has 0 saturated carbocycles. The quantitative estimate of drug-likeness (QED) is 0.156. The summed E-state index contributed by atoms with van der Waals surface area (Å²) in [5.74, 6) is -0.512. The van der Waals surface area contributed by atoms with Gasteiger partial charge in [-0.1, -0.05) is 76.8 Å². The molecule has 0 fully saturated rings. The van der Waals surface area contributed by atoms with Gasteiger partial charge in [-0.25, -0.2) is 8.78 Å². The molecule has 7 heteroatoms. The number of aromatic nitrogens is 3. The SMILES string of the molecule is CC(C)c1cc(F)cc(C(C)C)c1-n1c(-c2[c-]ccc3c2sc2cc(F)ccc23)nc2ccccc21.[2H]C([2H])([2H])c1cnc(-c2[c-]cccc2)cc1C([2H])(C)C.[Ir]. The van der Waals surface area contributed by atoms with Crippen molar-refractivity contribution in [2.75, 3.05) is 0 Å². The number of hydrogen-bond acceptors (Lipinski definition) is 3. The van der Waals surface area contributed by atoms with E-state index < -0.39 is 12.7 Å². The second-order valence-electron chi connectivity index (χ2n) is 13.7. The van der Waals surface area contributed by atoms with Crippen LogP contribution in [-0.4, -0.2) is 14.5 Å². The molecule has 3 nitrogen and oxygen atoms in total. The molecule has 3 heterocycles. The summed E-state index contributed by atoms with van der Waals surface area (Å²) in [4.78, 5) is 9.31. The minimum Gasteiger partial charge on any atom is -0.333 e. The zero-order valence-corrected chi connectivity index (χ0v) is 33.5. The molecule has 0 unspecified atom stereocenters. The Morgan fingerprint density at radius 2 is 1.51 bits per heavy atom. The van der Waals surface area contributed by atoms with Crippen molar-refractivity contribution in [1.29, 1.82) is 0 Å². The van der Waals surface area contributed by atoms with Crippen LogP contribution in [0.3, 0.4) is 0 Å². The zero-order valence-electron chi connectivity index (χ0n) is 34.3. The van der Waals surface area contributed by atoms with Crippen LogP contribution in [0, 0.1) is 30.6 Å². The van der Waals surface area contributed by atoms with Crippen LogP contribution in [-0.2, 0) is 20.1 Å². The largest absolute Gasteiger partial charge is 0.333 e. The third-order valence-electron chi connectivity index (χ3n) is 9.21. The molecule has 3 aromatic heterocycles. The number of benzene rings is 5. The van der Waals surface area contributed by atoms with Crippen molar-refractivity contribution in [1.82, 2.24) is 14.5 Å². The summed E-state index contributed by atoms with van der Waals surface area (Å²) in [5, 5.41) is 2.07. The molecular formula is C46H41F2IrN3S-2. The van der Waals surface area contributed by atoms with Gasteiger partial charge in [-0.3, -0.25) is 4.98 Å². The Kier molecular flexibility index (Phi) is 9.86. The van der Waals surface area contributed by atoms with E-state index in [1.54, 1.807) is 55.5 Å². The summed E-state index contributed by atoms with van der Waals surface area (Å²) < 4.78 is 63.8. The molecule has 8 aromatic rings. The van der Waals surface area contributed by atoms with Gasteiger partial charge in [0.15, 0.2) is 0 Å². The number of thiophene rings is 1. The predicted molar refractivity (Wildman–Crippen MR) is 214 cm³/mol. The summed E-state index contributed by atoms with van der Waals surface area (Å²) in [7, 11) is 0. The fourth-order valence-electron chi connectivity index (χ4n) is 6.65. The molecule has 0 aliphatic rings. The molecular weight excluding hydrogens is 857 g/mol. The number of rotatable bonds is 6. The number of hydrogen-bond donors (Lipinski definition) is 0. The van der Waals surface area contributed by atoms with E-state index in [-0.39, 0.29) is 49.1 Å². The number of halogens is 2. The van der Waals surface area contributed by atoms with Crippen LogP contribution in [0.2, 0.25) is 0 Å². The summed E-state index contributed by atoms with van der Waals surface area (Å²) in [5.41, 5.74) is 7.56. The molecule has 0 saturated heterocycles. The Labute approximate surface area is 333 Å². The molecule has 0 N–H and O–H groups in total. The Morgan fingerprint density at radius 1 is 0.774 bits per heavy atom. The van der Waals surface area contributed by atoms with Crippen LogP contribution in [0.1, 0.15) is 87.0 Å². The van der Waals surface area contributed by atoms with Crippen LogP contribution < -0.4 is 0 Å². The average Bonchev–Trinajstić information content (AvgIpc) is 3.72. The molecule has 5 aromatic carbocycles. The predicted octanol–water partition coefficient (Wildman–Crippen LogP) is 13.4. The summed E-state index contributed by atoms with van der Waals surface area (Å²) >= 11 is 1.55. The van der Waals surface area contributed by atoms with Crippen molar-refractivity contribution >= 4 is 42.5 Å². The Bertz CT molecular complexity index is 2690. The second-order valence-corrected chi connectivity index (χ2v) is 14.8. The van der Waals surface area contributed by atoms with Crippen molar-refractivity contribution in [3.8, 4) is 28.3 Å². The maximum Gasteiger partial charge on any atom is 0.124 e. The summed E-state index contributed by atoms with van der Waals surface area (Å²) in [6, 6.07) is 35.8. The van der Waals surface area contributed by atoms with Gasteiger partial charge < -0.3 is 9.55 Å². The number of imidazole rings is 1. The van der Waals surface area contributed by atoms with Gasteiger partial charge in [-0.15, -0.1) is 54.1 Å². The maximum atomic E-state index is 14.8. The van der Waals surface area contributed by atoms with Gasteiger partial charge in [-0.05, 0) is 99.0 Å². The number of fused-ring (bicyclic) bond motifs is 4. The van der Waals surface area contributed by atoms with Gasteiger partial charge in [0.2, 0.25) is 0 Å². The fraction of sp³-hybridized carbons (Fsp3) is 0.217. The number of para-hydroxylation sites is 2. The van der Waals surface area contributed by atoms with Gasteiger partial charge in [-0.2, -0.15) is 11.3 Å². The van der Waals surface area contributed by atoms with Crippen LogP contribution in [0.4, 0.5) is 8.78 Å². The Hall–Kier alpha value is -4.55. The smallest absolute Gasteiger partial charge is 0.124 e. The van der Waals surface area contributed by atoms with Gasteiger partial charge in [0, 0.05) is 42.2 Å². The minimum absolute atomic E-state index is 0. The third-order valence-corrected chi connectivity index (χ3v) is 10.4. The number of aryl methyl sites for hydroxylation is 1. The molecule has 0 atom stereocenters. The van der Waals surface area contributed by atoms with E-state index in [0.29, 0.717) is 11.3 Å². The molecule has 0 aliphatic heterocycles. The minimum atomic E-state index is -2.26. The zero-order chi connectivity index (χ0) is 40.1. The second kappa shape index (κ2) is 15.8. The Balaban J connectivity index is 0.000000223. The van der Waals surface area contributed by atoms with Crippen molar-refractivity contribution in [2.24, 2.45) is 0 Å². The van der Waals surface area contributed by atoms with E-state index in [0.717, 1.165) is 65.0 Å². The molecule has 0 bridgehead atoms. The van der Waals surface area contributed by atoms with E-state index in [4.69, 9.17) is 10.5 Å². The average molecular weight is 902 g/mol. The first-order chi connectivity index (χ1) is 26.5. The fourth-order valence-corrected chi connectivity index (χ4v) is 7.87. The Morgan fingerprint density at radius 3 is 2.19 bits per heavy atom.